The smallest absolute Gasteiger partial charge is 0.280 e. The number of rotatable bonds is 4. The Labute approximate surface area is 172 Å². The van der Waals surface area contributed by atoms with Gasteiger partial charge in [0.15, 0.2) is 4.80 Å². The number of hydrogen-bond acceptors (Lipinski definition) is 2. The van der Waals surface area contributed by atoms with E-state index in [9.17, 15) is 4.79 Å². The standard InChI is InChI=1S/C22H23BrN2OS/c1-5-19-20(16-12-11-14(3)15(4)13-16)25(6-2)22(27-19)24-21(26)17-9-7-8-10-18(17)23/h7-13H,5-6H2,1-4H3. The van der Waals surface area contributed by atoms with E-state index in [2.05, 4.69) is 71.4 Å². The molecule has 2 aromatic carbocycles. The van der Waals surface area contributed by atoms with Crippen LogP contribution in [-0.4, -0.2) is 10.5 Å². The highest BCUT2D eigenvalue weighted by molar-refractivity contribution is 9.10. The van der Waals surface area contributed by atoms with Crippen molar-refractivity contribution < 1.29 is 4.79 Å². The molecule has 5 heteroatoms. The molecule has 0 spiro atoms. The molecule has 0 aliphatic heterocycles. The molecule has 0 atom stereocenters. The summed E-state index contributed by atoms with van der Waals surface area (Å²) < 4.78 is 2.92. The maximum Gasteiger partial charge on any atom is 0.280 e. The van der Waals surface area contributed by atoms with E-state index in [0.717, 1.165) is 22.2 Å². The van der Waals surface area contributed by atoms with Gasteiger partial charge in [0.2, 0.25) is 0 Å². The molecule has 0 unspecified atom stereocenters. The van der Waals surface area contributed by atoms with Crippen molar-refractivity contribution >= 4 is 33.2 Å². The molecular weight excluding hydrogens is 420 g/mol. The molecule has 3 rings (SSSR count). The van der Waals surface area contributed by atoms with E-state index in [1.54, 1.807) is 17.4 Å². The molecule has 1 amide bonds. The number of carbonyl (C=O) groups excluding carboxylic acids is 1. The topological polar surface area (TPSA) is 34.4 Å². The minimum Gasteiger partial charge on any atom is -0.316 e. The van der Waals surface area contributed by atoms with Gasteiger partial charge in [0.25, 0.3) is 5.91 Å². The predicted octanol–water partition coefficient (Wildman–Crippen LogP) is 5.92. The molecule has 27 heavy (non-hydrogen) atoms. The number of thiazole rings is 1. The van der Waals surface area contributed by atoms with Gasteiger partial charge in [-0.2, -0.15) is 4.99 Å². The van der Waals surface area contributed by atoms with Gasteiger partial charge in [0.05, 0.1) is 11.3 Å². The second-order valence-corrected chi connectivity index (χ2v) is 8.37. The molecule has 140 valence electrons. The third-order valence-electron chi connectivity index (χ3n) is 4.70. The molecule has 1 heterocycles. The summed E-state index contributed by atoms with van der Waals surface area (Å²) in [5.74, 6) is -0.222. The fourth-order valence-electron chi connectivity index (χ4n) is 3.06. The second-order valence-electron chi connectivity index (χ2n) is 6.45. The zero-order chi connectivity index (χ0) is 19.6. The number of aromatic nitrogens is 1. The van der Waals surface area contributed by atoms with Crippen LogP contribution in [0.4, 0.5) is 0 Å². The summed E-state index contributed by atoms with van der Waals surface area (Å²) >= 11 is 5.05. The normalized spacial score (nSPS) is 11.8. The van der Waals surface area contributed by atoms with Gasteiger partial charge in [-0.05, 0) is 78.0 Å². The van der Waals surface area contributed by atoms with Crippen molar-refractivity contribution in [3.8, 4) is 11.3 Å². The molecule has 0 aliphatic carbocycles. The molecule has 3 nitrogen and oxygen atoms in total. The van der Waals surface area contributed by atoms with Crippen LogP contribution in [0.2, 0.25) is 0 Å². The number of nitrogens with zero attached hydrogens (tertiary/aromatic N) is 2. The van der Waals surface area contributed by atoms with Crippen molar-refractivity contribution in [3.63, 3.8) is 0 Å². The van der Waals surface area contributed by atoms with Crippen LogP contribution in [0.25, 0.3) is 11.3 Å². The minimum atomic E-state index is -0.222. The fraction of sp³-hybridized carbons (Fsp3) is 0.273. The van der Waals surface area contributed by atoms with Gasteiger partial charge in [-0.3, -0.25) is 4.79 Å². The first-order valence-electron chi connectivity index (χ1n) is 9.10. The molecule has 0 saturated carbocycles. The Balaban J connectivity index is 2.18. The van der Waals surface area contributed by atoms with Crippen LogP contribution in [0, 0.1) is 13.8 Å². The van der Waals surface area contributed by atoms with Gasteiger partial charge < -0.3 is 4.57 Å². The average molecular weight is 443 g/mol. The van der Waals surface area contributed by atoms with E-state index in [1.165, 1.54) is 27.3 Å². The summed E-state index contributed by atoms with van der Waals surface area (Å²) in [5, 5.41) is 0. The van der Waals surface area contributed by atoms with E-state index in [1.807, 2.05) is 18.2 Å². The van der Waals surface area contributed by atoms with Crippen LogP contribution in [-0.2, 0) is 13.0 Å². The first-order chi connectivity index (χ1) is 13.0. The Hall–Kier alpha value is -1.98. The summed E-state index contributed by atoms with van der Waals surface area (Å²) in [5.41, 5.74) is 5.49. The Morgan fingerprint density at radius 2 is 1.85 bits per heavy atom. The maximum absolute atomic E-state index is 12.7. The van der Waals surface area contributed by atoms with Gasteiger partial charge in [-0.25, -0.2) is 0 Å². The van der Waals surface area contributed by atoms with Crippen molar-refractivity contribution in [1.82, 2.24) is 4.57 Å². The number of halogens is 1. The molecule has 0 N–H and O–H groups in total. The third kappa shape index (κ3) is 3.99. The highest BCUT2D eigenvalue weighted by atomic mass is 79.9. The SMILES string of the molecule is CCc1sc(=NC(=O)c2ccccc2Br)n(CC)c1-c1ccc(C)c(C)c1. The van der Waals surface area contributed by atoms with E-state index >= 15 is 0 Å². The Morgan fingerprint density at radius 3 is 2.48 bits per heavy atom. The van der Waals surface area contributed by atoms with Crippen molar-refractivity contribution in [1.29, 1.82) is 0 Å². The molecule has 0 radical (unpaired) electrons. The number of amides is 1. The van der Waals surface area contributed by atoms with Crippen LogP contribution in [0.1, 0.15) is 40.2 Å². The summed E-state index contributed by atoms with van der Waals surface area (Å²) in [6.45, 7) is 9.27. The molecule has 0 bridgehead atoms. The monoisotopic (exact) mass is 442 g/mol. The lowest BCUT2D eigenvalue weighted by Crippen LogP contribution is -2.17. The van der Waals surface area contributed by atoms with Gasteiger partial charge in [-0.1, -0.05) is 31.2 Å². The molecular formula is C22H23BrN2OS. The van der Waals surface area contributed by atoms with Crippen LogP contribution in [0.3, 0.4) is 0 Å². The molecule has 0 fully saturated rings. The number of benzene rings is 2. The number of hydrogen-bond donors (Lipinski definition) is 0. The lowest BCUT2D eigenvalue weighted by molar-refractivity contribution is 0.0997. The quantitative estimate of drug-likeness (QED) is 0.493. The summed E-state index contributed by atoms with van der Waals surface area (Å²) in [6, 6.07) is 14.0. The van der Waals surface area contributed by atoms with E-state index < -0.39 is 0 Å². The van der Waals surface area contributed by atoms with Crippen molar-refractivity contribution in [2.75, 3.05) is 0 Å². The van der Waals surface area contributed by atoms with Crippen molar-refractivity contribution in [3.05, 3.63) is 73.3 Å². The highest BCUT2D eigenvalue weighted by Crippen LogP contribution is 2.28. The summed E-state index contributed by atoms with van der Waals surface area (Å²) in [7, 11) is 0. The van der Waals surface area contributed by atoms with Crippen molar-refractivity contribution in [2.24, 2.45) is 4.99 Å². The zero-order valence-electron chi connectivity index (χ0n) is 16.0. The van der Waals surface area contributed by atoms with Gasteiger partial charge in [0, 0.05) is 15.9 Å². The summed E-state index contributed by atoms with van der Waals surface area (Å²) in [6.07, 6.45) is 0.908. The first-order valence-corrected chi connectivity index (χ1v) is 10.7. The largest absolute Gasteiger partial charge is 0.316 e. The number of aryl methyl sites for hydroxylation is 3. The average Bonchev–Trinajstić information content (AvgIpc) is 3.01. The Bertz CT molecular complexity index is 1060. The molecule has 1 aromatic heterocycles. The lowest BCUT2D eigenvalue weighted by atomic mass is 10.0. The van der Waals surface area contributed by atoms with Crippen LogP contribution in [0.5, 0.6) is 0 Å². The predicted molar refractivity (Wildman–Crippen MR) is 116 cm³/mol. The van der Waals surface area contributed by atoms with E-state index in [0.29, 0.717) is 5.56 Å². The Kier molecular flexibility index (Phi) is 6.12. The van der Waals surface area contributed by atoms with E-state index in [-0.39, 0.29) is 5.91 Å². The first kappa shape index (κ1) is 19.8. The Morgan fingerprint density at radius 1 is 1.11 bits per heavy atom. The fourth-order valence-corrected chi connectivity index (χ4v) is 4.67. The lowest BCUT2D eigenvalue weighted by Gasteiger charge is -2.10. The maximum atomic E-state index is 12.7. The van der Waals surface area contributed by atoms with Crippen LogP contribution in [0.15, 0.2) is 51.9 Å². The van der Waals surface area contributed by atoms with Crippen LogP contribution >= 0.6 is 27.3 Å². The zero-order valence-corrected chi connectivity index (χ0v) is 18.4. The van der Waals surface area contributed by atoms with Gasteiger partial charge in [0.1, 0.15) is 0 Å². The summed E-state index contributed by atoms with van der Waals surface area (Å²) in [4.78, 5) is 19.2. The molecule has 0 aliphatic rings. The van der Waals surface area contributed by atoms with Crippen molar-refractivity contribution in [2.45, 2.75) is 40.7 Å². The number of carbonyl (C=O) groups is 1. The second kappa shape index (κ2) is 8.36. The molecule has 0 saturated heterocycles. The van der Waals surface area contributed by atoms with Gasteiger partial charge in [-0.15, -0.1) is 11.3 Å². The minimum absolute atomic E-state index is 0.222. The van der Waals surface area contributed by atoms with Gasteiger partial charge >= 0.3 is 0 Å². The third-order valence-corrected chi connectivity index (χ3v) is 6.61. The highest BCUT2D eigenvalue weighted by Gasteiger charge is 2.16. The van der Waals surface area contributed by atoms with E-state index in [4.69, 9.17) is 0 Å². The van der Waals surface area contributed by atoms with Crippen LogP contribution < -0.4 is 4.80 Å². The molecule has 3 aromatic rings.